The normalized spacial score (nSPS) is 17.3. The first kappa shape index (κ1) is 15.0. The monoisotopic (exact) mass is 317 g/mol. The van der Waals surface area contributed by atoms with Crippen LogP contribution in [0.2, 0.25) is 0 Å². The summed E-state index contributed by atoms with van der Waals surface area (Å²) in [7, 11) is 0. The molecular weight excluding hydrogens is 302 g/mol. The van der Waals surface area contributed by atoms with Gasteiger partial charge in [-0.3, -0.25) is 0 Å². The fraction of sp³-hybridized carbons (Fsp3) is 0.538. The Bertz CT molecular complexity index is 688. The van der Waals surface area contributed by atoms with Crippen LogP contribution in [0.5, 0.6) is 0 Å². The van der Waals surface area contributed by atoms with E-state index in [0.29, 0.717) is 6.54 Å². The lowest BCUT2D eigenvalue weighted by Crippen LogP contribution is -2.29. The van der Waals surface area contributed by atoms with Crippen LogP contribution in [0.25, 0.3) is 11.0 Å². The molecule has 3 heterocycles. The van der Waals surface area contributed by atoms with Crippen LogP contribution in [0.1, 0.15) is 18.4 Å². The molecule has 0 amide bonds. The minimum Gasteiger partial charge on any atom is -0.368 e. The highest BCUT2D eigenvalue weighted by molar-refractivity contribution is 5.81. The molecule has 3 N–H and O–H groups in total. The largest absolute Gasteiger partial charge is 0.418 e. The summed E-state index contributed by atoms with van der Waals surface area (Å²) in [5.41, 5.74) is 4.22. The van der Waals surface area contributed by atoms with Crippen molar-refractivity contribution in [2.24, 2.45) is 5.92 Å². The Morgan fingerprint density at radius 1 is 1.27 bits per heavy atom. The number of halogens is 4. The van der Waals surface area contributed by atoms with Crippen LogP contribution in [-0.2, 0) is 12.7 Å². The average Bonchev–Trinajstić information content (AvgIpc) is 2.79. The van der Waals surface area contributed by atoms with E-state index in [0.717, 1.165) is 32.1 Å². The molecule has 0 saturated carbocycles. The Kier molecular flexibility index (Phi) is 3.67. The van der Waals surface area contributed by atoms with Crippen LogP contribution >= 0.6 is 0 Å². The predicted octanol–water partition coefficient (Wildman–Crippen LogP) is 2.17. The first-order chi connectivity index (χ1) is 10.4. The van der Waals surface area contributed by atoms with Crippen molar-refractivity contribution in [2.75, 3.05) is 18.8 Å². The van der Waals surface area contributed by atoms with Gasteiger partial charge in [0.05, 0.1) is 10.9 Å². The van der Waals surface area contributed by atoms with E-state index in [9.17, 15) is 17.6 Å². The zero-order valence-corrected chi connectivity index (χ0v) is 11.6. The molecule has 0 aliphatic carbocycles. The van der Waals surface area contributed by atoms with Crippen molar-refractivity contribution < 1.29 is 17.6 Å². The van der Waals surface area contributed by atoms with Gasteiger partial charge in [-0.05, 0) is 31.8 Å². The summed E-state index contributed by atoms with van der Waals surface area (Å²) in [6.45, 7) is 1.99. The summed E-state index contributed by atoms with van der Waals surface area (Å²) in [6.07, 6.45) is -2.06. The van der Waals surface area contributed by atoms with Gasteiger partial charge in [-0.2, -0.15) is 27.5 Å². The van der Waals surface area contributed by atoms with E-state index in [-0.39, 0.29) is 17.5 Å². The first-order valence-electron chi connectivity index (χ1n) is 6.96. The van der Waals surface area contributed by atoms with Gasteiger partial charge in [0.2, 0.25) is 11.9 Å². The quantitative estimate of drug-likeness (QED) is 0.658. The lowest BCUT2D eigenvalue weighted by Gasteiger charge is -2.23. The van der Waals surface area contributed by atoms with Crippen LogP contribution in [0, 0.1) is 11.9 Å². The number of rotatable bonds is 2. The van der Waals surface area contributed by atoms with Crippen molar-refractivity contribution in [1.82, 2.24) is 19.9 Å². The van der Waals surface area contributed by atoms with Gasteiger partial charge in [0.15, 0.2) is 0 Å². The molecular formula is C13H15F4N5. The van der Waals surface area contributed by atoms with Crippen molar-refractivity contribution in [2.45, 2.75) is 25.6 Å². The predicted molar refractivity (Wildman–Crippen MR) is 72.5 cm³/mol. The molecule has 0 spiro atoms. The molecule has 5 nitrogen and oxygen atoms in total. The van der Waals surface area contributed by atoms with E-state index >= 15 is 0 Å². The highest BCUT2D eigenvalue weighted by Crippen LogP contribution is 2.37. The molecule has 1 aliphatic heterocycles. The SMILES string of the molecule is Nc1nc(F)c2c(C(F)(F)F)cn(CC3CCNCC3)c2n1. The number of nitrogen functional groups attached to an aromatic ring is 1. The minimum atomic E-state index is -4.67. The molecule has 22 heavy (non-hydrogen) atoms. The molecule has 0 unspecified atom stereocenters. The lowest BCUT2D eigenvalue weighted by molar-refractivity contribution is -0.136. The Labute approximate surface area is 123 Å². The van der Waals surface area contributed by atoms with E-state index in [1.54, 1.807) is 0 Å². The minimum absolute atomic E-state index is 0.101. The smallest absolute Gasteiger partial charge is 0.368 e. The number of anilines is 1. The zero-order valence-electron chi connectivity index (χ0n) is 11.6. The molecule has 3 rings (SSSR count). The third-order valence-electron chi connectivity index (χ3n) is 3.91. The number of hydrogen-bond donors (Lipinski definition) is 2. The lowest BCUT2D eigenvalue weighted by atomic mass is 9.98. The molecule has 0 atom stereocenters. The van der Waals surface area contributed by atoms with Crippen LogP contribution in [0.15, 0.2) is 6.20 Å². The van der Waals surface area contributed by atoms with Crippen molar-refractivity contribution in [3.63, 3.8) is 0 Å². The highest BCUT2D eigenvalue weighted by Gasteiger charge is 2.37. The second-order valence-corrected chi connectivity index (χ2v) is 5.46. The van der Waals surface area contributed by atoms with E-state index in [2.05, 4.69) is 15.3 Å². The number of aromatic nitrogens is 3. The number of nitrogens with one attached hydrogen (secondary N) is 1. The Morgan fingerprint density at radius 3 is 2.59 bits per heavy atom. The zero-order chi connectivity index (χ0) is 15.9. The summed E-state index contributed by atoms with van der Waals surface area (Å²) < 4.78 is 54.6. The van der Waals surface area contributed by atoms with Gasteiger partial charge >= 0.3 is 6.18 Å². The van der Waals surface area contributed by atoms with Gasteiger partial charge in [0.25, 0.3) is 0 Å². The Morgan fingerprint density at radius 2 is 1.95 bits per heavy atom. The second kappa shape index (κ2) is 5.38. The molecule has 0 radical (unpaired) electrons. The summed E-state index contributed by atoms with van der Waals surface area (Å²) in [5.74, 6) is -1.39. The summed E-state index contributed by atoms with van der Waals surface area (Å²) in [4.78, 5) is 7.02. The van der Waals surface area contributed by atoms with Crippen LogP contribution in [0.3, 0.4) is 0 Å². The maximum absolute atomic E-state index is 13.9. The third-order valence-corrected chi connectivity index (χ3v) is 3.91. The number of nitrogens with zero attached hydrogens (tertiary/aromatic N) is 3. The van der Waals surface area contributed by atoms with E-state index in [1.165, 1.54) is 4.57 Å². The molecule has 120 valence electrons. The Balaban J connectivity index is 2.09. The standard InChI is InChI=1S/C13H15F4N5/c14-10-9-8(13(15,16)17)6-22(11(9)21-12(18)20-10)5-7-1-3-19-4-2-7/h6-7,19H,1-5H2,(H2,18,20,21). The maximum atomic E-state index is 13.9. The average molecular weight is 317 g/mol. The van der Waals surface area contributed by atoms with Crippen LogP contribution in [0.4, 0.5) is 23.5 Å². The third kappa shape index (κ3) is 2.72. The topological polar surface area (TPSA) is 68.8 Å². The van der Waals surface area contributed by atoms with Gasteiger partial charge in [-0.1, -0.05) is 0 Å². The first-order valence-corrected chi connectivity index (χ1v) is 6.96. The van der Waals surface area contributed by atoms with Crippen molar-refractivity contribution >= 4 is 17.0 Å². The molecule has 2 aromatic heterocycles. The summed E-state index contributed by atoms with van der Waals surface area (Å²) in [5, 5.41) is 2.58. The second-order valence-electron chi connectivity index (χ2n) is 5.46. The van der Waals surface area contributed by atoms with Crippen LogP contribution in [-0.4, -0.2) is 27.6 Å². The van der Waals surface area contributed by atoms with Gasteiger partial charge in [-0.25, -0.2) is 0 Å². The Hall–Kier alpha value is -1.90. The molecule has 2 aromatic rings. The van der Waals surface area contributed by atoms with E-state index < -0.39 is 23.1 Å². The molecule has 9 heteroatoms. The number of nitrogens with two attached hydrogens (primary N) is 1. The van der Waals surface area contributed by atoms with Gasteiger partial charge in [0.1, 0.15) is 5.65 Å². The number of hydrogen-bond acceptors (Lipinski definition) is 4. The van der Waals surface area contributed by atoms with E-state index in [1.807, 2.05) is 0 Å². The fourth-order valence-electron chi connectivity index (χ4n) is 2.86. The number of fused-ring (bicyclic) bond motifs is 1. The van der Waals surface area contributed by atoms with Gasteiger partial charge in [0, 0.05) is 12.7 Å². The van der Waals surface area contributed by atoms with Gasteiger partial charge < -0.3 is 15.6 Å². The van der Waals surface area contributed by atoms with Crippen molar-refractivity contribution in [1.29, 1.82) is 0 Å². The van der Waals surface area contributed by atoms with Crippen molar-refractivity contribution in [3.05, 3.63) is 17.7 Å². The molecule has 0 bridgehead atoms. The fourth-order valence-corrected chi connectivity index (χ4v) is 2.86. The maximum Gasteiger partial charge on any atom is 0.418 e. The molecule has 0 aromatic carbocycles. The molecule has 1 aliphatic rings. The van der Waals surface area contributed by atoms with Gasteiger partial charge in [-0.15, -0.1) is 0 Å². The number of alkyl halides is 3. The summed E-state index contributed by atoms with van der Waals surface area (Å²) in [6, 6.07) is 0. The number of piperidine rings is 1. The molecule has 1 fully saturated rings. The van der Waals surface area contributed by atoms with Crippen molar-refractivity contribution in [3.8, 4) is 0 Å². The molecule has 1 saturated heterocycles. The summed E-state index contributed by atoms with van der Waals surface area (Å²) >= 11 is 0. The highest BCUT2D eigenvalue weighted by atomic mass is 19.4. The van der Waals surface area contributed by atoms with Crippen LogP contribution < -0.4 is 11.1 Å². The van der Waals surface area contributed by atoms with E-state index in [4.69, 9.17) is 5.73 Å².